The van der Waals surface area contributed by atoms with Gasteiger partial charge < -0.3 is 9.88 Å². The van der Waals surface area contributed by atoms with E-state index in [0.29, 0.717) is 6.54 Å². The van der Waals surface area contributed by atoms with Crippen LogP contribution in [0.1, 0.15) is 6.42 Å². The van der Waals surface area contributed by atoms with Gasteiger partial charge >= 0.3 is 0 Å². The first kappa shape index (κ1) is 9.71. The van der Waals surface area contributed by atoms with E-state index in [2.05, 4.69) is 20.9 Å². The number of imidazole rings is 1. The van der Waals surface area contributed by atoms with Crippen LogP contribution >= 0.6 is 0 Å². The fourth-order valence-electron chi connectivity index (χ4n) is 1.60. The molecule has 1 amide bonds. The number of hydrogen-bond acceptors (Lipinski definition) is 2. The fourth-order valence-corrected chi connectivity index (χ4v) is 1.60. The molecule has 2 aromatic rings. The minimum Gasteiger partial charge on any atom is -0.359 e. The Morgan fingerprint density at radius 3 is 3.13 bits per heavy atom. The number of nitrogens with one attached hydrogen (secondary N) is 1. The average molecular weight is 203 g/mol. The van der Waals surface area contributed by atoms with E-state index in [9.17, 15) is 4.79 Å². The highest BCUT2D eigenvalue weighted by Gasteiger charge is 1.99. The molecule has 0 fully saturated rings. The molecule has 0 radical (unpaired) electrons. The Morgan fingerprint density at radius 2 is 2.27 bits per heavy atom. The zero-order chi connectivity index (χ0) is 10.5. The van der Waals surface area contributed by atoms with Crippen LogP contribution in [0.4, 0.5) is 0 Å². The predicted molar refractivity (Wildman–Crippen MR) is 58.4 cm³/mol. The van der Waals surface area contributed by atoms with E-state index < -0.39 is 0 Å². The Labute approximate surface area is 87.9 Å². The van der Waals surface area contributed by atoms with Crippen LogP contribution in [0.5, 0.6) is 0 Å². The van der Waals surface area contributed by atoms with Crippen LogP contribution in [0.15, 0.2) is 30.6 Å². The maximum Gasteiger partial charge on any atom is 0.207 e. The van der Waals surface area contributed by atoms with Gasteiger partial charge in [0.1, 0.15) is 0 Å². The summed E-state index contributed by atoms with van der Waals surface area (Å²) in [7, 11) is 0. The van der Waals surface area contributed by atoms with Crippen LogP contribution in [0.25, 0.3) is 11.0 Å². The monoisotopic (exact) mass is 203 g/mol. The zero-order valence-electron chi connectivity index (χ0n) is 8.39. The molecule has 0 spiro atoms. The van der Waals surface area contributed by atoms with Crippen molar-refractivity contribution in [3.05, 3.63) is 30.6 Å². The van der Waals surface area contributed by atoms with Gasteiger partial charge in [0, 0.05) is 13.1 Å². The van der Waals surface area contributed by atoms with Crippen LogP contribution < -0.4 is 5.32 Å². The lowest BCUT2D eigenvalue weighted by molar-refractivity contribution is -0.109. The van der Waals surface area contributed by atoms with E-state index in [1.807, 2.05) is 24.5 Å². The highest BCUT2D eigenvalue weighted by atomic mass is 16.1. The van der Waals surface area contributed by atoms with Gasteiger partial charge in [-0.2, -0.15) is 0 Å². The number of aromatic nitrogens is 2. The van der Waals surface area contributed by atoms with Gasteiger partial charge in [-0.05, 0) is 18.6 Å². The SMILES string of the molecule is O=CNCCCn1cnc2ccccc21. The highest BCUT2D eigenvalue weighted by molar-refractivity contribution is 5.74. The van der Waals surface area contributed by atoms with Crippen molar-refractivity contribution in [3.63, 3.8) is 0 Å². The number of benzene rings is 1. The lowest BCUT2D eigenvalue weighted by atomic mass is 10.3. The maximum absolute atomic E-state index is 10.0. The van der Waals surface area contributed by atoms with E-state index >= 15 is 0 Å². The van der Waals surface area contributed by atoms with E-state index in [1.54, 1.807) is 0 Å². The third-order valence-corrected chi connectivity index (χ3v) is 2.33. The van der Waals surface area contributed by atoms with Crippen LogP contribution in [-0.2, 0) is 11.3 Å². The Kier molecular flexibility index (Phi) is 2.97. The number of rotatable bonds is 5. The van der Waals surface area contributed by atoms with Crippen molar-refractivity contribution in [3.8, 4) is 0 Å². The van der Waals surface area contributed by atoms with Gasteiger partial charge in [-0.1, -0.05) is 12.1 Å². The van der Waals surface area contributed by atoms with Crippen molar-refractivity contribution >= 4 is 17.4 Å². The van der Waals surface area contributed by atoms with Gasteiger partial charge in [0.25, 0.3) is 0 Å². The third-order valence-electron chi connectivity index (χ3n) is 2.33. The van der Waals surface area contributed by atoms with Gasteiger partial charge in [-0.25, -0.2) is 4.98 Å². The zero-order valence-corrected chi connectivity index (χ0v) is 8.39. The Morgan fingerprint density at radius 1 is 1.40 bits per heavy atom. The molecule has 0 unspecified atom stereocenters. The van der Waals surface area contributed by atoms with Crippen LogP contribution in [0.2, 0.25) is 0 Å². The first-order chi connectivity index (χ1) is 7.42. The molecule has 0 bridgehead atoms. The second kappa shape index (κ2) is 4.59. The molecule has 0 saturated heterocycles. The van der Waals surface area contributed by atoms with Crippen molar-refractivity contribution in [2.45, 2.75) is 13.0 Å². The molecule has 0 atom stereocenters. The summed E-state index contributed by atoms with van der Waals surface area (Å²) in [6.07, 6.45) is 3.48. The number of nitrogens with zero attached hydrogens (tertiary/aromatic N) is 2. The Hall–Kier alpha value is -1.84. The van der Waals surface area contributed by atoms with Gasteiger partial charge in [0.15, 0.2) is 0 Å². The molecule has 1 heterocycles. The number of amides is 1. The molecule has 1 aromatic carbocycles. The number of fused-ring (bicyclic) bond motifs is 1. The molecule has 4 heteroatoms. The van der Waals surface area contributed by atoms with E-state index in [-0.39, 0.29) is 0 Å². The summed E-state index contributed by atoms with van der Waals surface area (Å²) >= 11 is 0. The van der Waals surface area contributed by atoms with Crippen molar-refractivity contribution in [1.29, 1.82) is 0 Å². The normalized spacial score (nSPS) is 10.4. The fraction of sp³-hybridized carbons (Fsp3) is 0.273. The molecule has 1 aromatic heterocycles. The van der Waals surface area contributed by atoms with Gasteiger partial charge in [-0.3, -0.25) is 4.79 Å². The third kappa shape index (κ3) is 2.15. The molecule has 0 aliphatic heterocycles. The van der Waals surface area contributed by atoms with Gasteiger partial charge in [-0.15, -0.1) is 0 Å². The quantitative estimate of drug-likeness (QED) is 0.585. The summed E-state index contributed by atoms with van der Waals surface area (Å²) < 4.78 is 2.10. The smallest absolute Gasteiger partial charge is 0.207 e. The van der Waals surface area contributed by atoms with E-state index in [4.69, 9.17) is 0 Å². The van der Waals surface area contributed by atoms with Crippen LogP contribution in [0, 0.1) is 0 Å². The molecular formula is C11H13N3O. The standard InChI is InChI=1S/C11H13N3O/c15-9-12-6-3-7-14-8-13-10-4-1-2-5-11(10)14/h1-2,4-5,8-9H,3,6-7H2,(H,12,15). The van der Waals surface area contributed by atoms with Crippen LogP contribution in [0.3, 0.4) is 0 Å². The molecule has 0 aliphatic carbocycles. The first-order valence-electron chi connectivity index (χ1n) is 4.99. The first-order valence-corrected chi connectivity index (χ1v) is 4.99. The second-order valence-electron chi connectivity index (χ2n) is 3.35. The lowest BCUT2D eigenvalue weighted by Crippen LogP contribution is -2.14. The van der Waals surface area contributed by atoms with Crippen molar-refractivity contribution < 1.29 is 4.79 Å². The number of para-hydroxylation sites is 2. The molecule has 0 saturated carbocycles. The predicted octanol–water partition coefficient (Wildman–Crippen LogP) is 1.17. The van der Waals surface area contributed by atoms with E-state index in [1.165, 1.54) is 0 Å². The van der Waals surface area contributed by atoms with Gasteiger partial charge in [0.2, 0.25) is 6.41 Å². The van der Waals surface area contributed by atoms with Crippen molar-refractivity contribution in [2.24, 2.45) is 0 Å². The molecule has 4 nitrogen and oxygen atoms in total. The molecule has 0 aliphatic rings. The van der Waals surface area contributed by atoms with Crippen LogP contribution in [-0.4, -0.2) is 22.5 Å². The summed E-state index contributed by atoms with van der Waals surface area (Å²) in [6.45, 7) is 1.58. The number of carbonyl (C=O) groups is 1. The summed E-state index contributed by atoms with van der Waals surface area (Å²) in [4.78, 5) is 14.3. The minimum absolute atomic E-state index is 0.704. The number of hydrogen-bond donors (Lipinski definition) is 1. The molecule has 1 N–H and O–H groups in total. The Balaban J connectivity index is 2.05. The molecular weight excluding hydrogens is 190 g/mol. The molecule has 78 valence electrons. The molecule has 2 rings (SSSR count). The highest BCUT2D eigenvalue weighted by Crippen LogP contribution is 2.11. The summed E-state index contributed by atoms with van der Waals surface area (Å²) in [5, 5.41) is 2.64. The topological polar surface area (TPSA) is 46.9 Å². The summed E-state index contributed by atoms with van der Waals surface area (Å²) in [5.74, 6) is 0. The average Bonchev–Trinajstić information content (AvgIpc) is 2.68. The van der Waals surface area contributed by atoms with Crippen molar-refractivity contribution in [1.82, 2.24) is 14.9 Å². The largest absolute Gasteiger partial charge is 0.359 e. The van der Waals surface area contributed by atoms with Crippen molar-refractivity contribution in [2.75, 3.05) is 6.54 Å². The summed E-state index contributed by atoms with van der Waals surface area (Å²) in [6, 6.07) is 8.03. The lowest BCUT2D eigenvalue weighted by Gasteiger charge is -2.03. The maximum atomic E-state index is 10.0. The second-order valence-corrected chi connectivity index (χ2v) is 3.35. The number of aryl methyl sites for hydroxylation is 1. The Bertz CT molecular complexity index is 450. The van der Waals surface area contributed by atoms with E-state index in [0.717, 1.165) is 30.4 Å². The number of carbonyl (C=O) groups excluding carboxylic acids is 1. The summed E-state index contributed by atoms with van der Waals surface area (Å²) in [5.41, 5.74) is 2.16. The molecule has 15 heavy (non-hydrogen) atoms. The van der Waals surface area contributed by atoms with Gasteiger partial charge in [0.05, 0.1) is 17.4 Å². The minimum atomic E-state index is 0.704.